The Morgan fingerprint density at radius 1 is 1.18 bits per heavy atom. The third-order valence-corrected chi connectivity index (χ3v) is 4.66. The van der Waals surface area contributed by atoms with E-state index in [0.29, 0.717) is 11.8 Å². The predicted octanol–water partition coefficient (Wildman–Crippen LogP) is 2.98. The van der Waals surface area contributed by atoms with Crippen molar-refractivity contribution in [1.29, 1.82) is 0 Å². The van der Waals surface area contributed by atoms with Crippen molar-refractivity contribution in [2.24, 2.45) is 0 Å². The van der Waals surface area contributed by atoms with Crippen LogP contribution in [0.25, 0.3) is 0 Å². The van der Waals surface area contributed by atoms with E-state index in [-0.39, 0.29) is 0 Å². The van der Waals surface area contributed by atoms with Crippen molar-refractivity contribution < 1.29 is 5.11 Å². The Morgan fingerprint density at radius 2 is 1.86 bits per heavy atom. The van der Waals surface area contributed by atoms with Gasteiger partial charge in [-0.05, 0) is 26.3 Å². The largest absolute Gasteiger partial charge is 0.508 e. The van der Waals surface area contributed by atoms with Crippen LogP contribution < -0.4 is 10.2 Å². The summed E-state index contributed by atoms with van der Waals surface area (Å²) in [6, 6.07) is 6.56. The van der Waals surface area contributed by atoms with Gasteiger partial charge in [0.2, 0.25) is 0 Å². The van der Waals surface area contributed by atoms with E-state index in [9.17, 15) is 5.11 Å². The molecule has 1 heterocycles. The SMILES string of the molecule is CCC[C@@H](c1ccc(N(CC)CC)cc1O)N1CCNCC1. The number of phenolic OH excluding ortho intramolecular Hbond substituents is 1. The summed E-state index contributed by atoms with van der Waals surface area (Å²) in [5.74, 6) is 0.446. The smallest absolute Gasteiger partial charge is 0.122 e. The van der Waals surface area contributed by atoms with Crippen molar-refractivity contribution in [3.63, 3.8) is 0 Å². The van der Waals surface area contributed by atoms with Gasteiger partial charge in [-0.25, -0.2) is 0 Å². The molecule has 2 N–H and O–H groups in total. The Balaban J connectivity index is 2.23. The highest BCUT2D eigenvalue weighted by molar-refractivity contribution is 5.54. The third kappa shape index (κ3) is 3.93. The standard InChI is InChI=1S/C18H31N3O/c1-4-7-17(21-12-10-19-11-13-21)16-9-8-15(14-18(16)22)20(5-2)6-3/h8-9,14,17,19,22H,4-7,10-13H2,1-3H3/t17-/m0/s1. The minimum Gasteiger partial charge on any atom is -0.508 e. The number of aromatic hydroxyl groups is 1. The number of nitrogens with one attached hydrogen (secondary N) is 1. The molecule has 0 spiro atoms. The maximum Gasteiger partial charge on any atom is 0.122 e. The zero-order chi connectivity index (χ0) is 15.9. The first kappa shape index (κ1) is 17.1. The summed E-state index contributed by atoms with van der Waals surface area (Å²) in [7, 11) is 0. The highest BCUT2D eigenvalue weighted by atomic mass is 16.3. The van der Waals surface area contributed by atoms with Crippen LogP contribution in [0.3, 0.4) is 0 Å². The zero-order valence-electron chi connectivity index (χ0n) is 14.3. The molecule has 2 rings (SSSR count). The summed E-state index contributed by atoms with van der Waals surface area (Å²) >= 11 is 0. The molecule has 1 fully saturated rings. The third-order valence-electron chi connectivity index (χ3n) is 4.66. The van der Waals surface area contributed by atoms with Gasteiger partial charge in [0.1, 0.15) is 5.75 Å². The van der Waals surface area contributed by atoms with Gasteiger partial charge in [-0.1, -0.05) is 19.4 Å². The van der Waals surface area contributed by atoms with Crippen molar-refractivity contribution in [1.82, 2.24) is 10.2 Å². The Kier molecular flexibility index (Phi) is 6.52. The lowest BCUT2D eigenvalue weighted by Gasteiger charge is -2.35. The first-order chi connectivity index (χ1) is 10.7. The second-order valence-corrected chi connectivity index (χ2v) is 6.01. The van der Waals surface area contributed by atoms with E-state index < -0.39 is 0 Å². The van der Waals surface area contributed by atoms with Crippen LogP contribution in [0.15, 0.2) is 18.2 Å². The van der Waals surface area contributed by atoms with Gasteiger partial charge >= 0.3 is 0 Å². The van der Waals surface area contributed by atoms with E-state index in [0.717, 1.165) is 63.4 Å². The molecule has 22 heavy (non-hydrogen) atoms. The first-order valence-corrected chi connectivity index (χ1v) is 8.73. The molecule has 1 aromatic rings. The lowest BCUT2D eigenvalue weighted by molar-refractivity contribution is 0.162. The number of hydrogen-bond acceptors (Lipinski definition) is 4. The minimum absolute atomic E-state index is 0.331. The molecule has 4 nitrogen and oxygen atoms in total. The normalized spacial score (nSPS) is 17.4. The monoisotopic (exact) mass is 305 g/mol. The Morgan fingerprint density at radius 3 is 2.41 bits per heavy atom. The Hall–Kier alpha value is -1.26. The summed E-state index contributed by atoms with van der Waals surface area (Å²) in [6.07, 6.45) is 2.23. The summed E-state index contributed by atoms with van der Waals surface area (Å²) < 4.78 is 0. The molecular weight excluding hydrogens is 274 g/mol. The Bertz CT molecular complexity index is 454. The van der Waals surface area contributed by atoms with E-state index >= 15 is 0 Å². The molecule has 1 atom stereocenters. The van der Waals surface area contributed by atoms with Gasteiger partial charge in [0, 0.05) is 62.6 Å². The first-order valence-electron chi connectivity index (χ1n) is 8.73. The molecule has 1 aliphatic heterocycles. The van der Waals surface area contributed by atoms with Crippen molar-refractivity contribution in [3.8, 4) is 5.75 Å². The van der Waals surface area contributed by atoms with Crippen LogP contribution in [0.1, 0.15) is 45.2 Å². The second-order valence-electron chi connectivity index (χ2n) is 6.01. The molecule has 0 aliphatic carbocycles. The number of nitrogens with zero attached hydrogens (tertiary/aromatic N) is 2. The average molecular weight is 305 g/mol. The molecular formula is C18H31N3O. The molecule has 124 valence electrons. The van der Waals surface area contributed by atoms with E-state index in [2.05, 4.69) is 48.0 Å². The van der Waals surface area contributed by atoms with Gasteiger partial charge in [0.25, 0.3) is 0 Å². The molecule has 4 heteroatoms. The van der Waals surface area contributed by atoms with E-state index in [4.69, 9.17) is 0 Å². The molecule has 1 aromatic carbocycles. The van der Waals surface area contributed by atoms with Crippen LogP contribution >= 0.6 is 0 Å². The van der Waals surface area contributed by atoms with Gasteiger partial charge in [-0.3, -0.25) is 4.90 Å². The second kappa shape index (κ2) is 8.39. The highest BCUT2D eigenvalue weighted by Gasteiger charge is 2.24. The van der Waals surface area contributed by atoms with Crippen molar-refractivity contribution in [3.05, 3.63) is 23.8 Å². The molecule has 0 unspecified atom stereocenters. The quantitative estimate of drug-likeness (QED) is 0.812. The molecule has 0 bridgehead atoms. The number of piperazine rings is 1. The van der Waals surface area contributed by atoms with Crippen LogP contribution in [-0.4, -0.2) is 49.3 Å². The topological polar surface area (TPSA) is 38.7 Å². The maximum atomic E-state index is 10.6. The van der Waals surface area contributed by atoms with Gasteiger partial charge in [0.05, 0.1) is 0 Å². The summed E-state index contributed by atoms with van der Waals surface area (Å²) in [5.41, 5.74) is 2.20. The van der Waals surface area contributed by atoms with Crippen molar-refractivity contribution in [2.45, 2.75) is 39.7 Å². The summed E-state index contributed by atoms with van der Waals surface area (Å²) in [6.45, 7) is 12.6. The van der Waals surface area contributed by atoms with Crippen molar-refractivity contribution in [2.75, 3.05) is 44.2 Å². The van der Waals surface area contributed by atoms with Crippen LogP contribution in [0.5, 0.6) is 5.75 Å². The number of anilines is 1. The molecule has 0 aromatic heterocycles. The van der Waals surface area contributed by atoms with E-state index in [1.165, 1.54) is 0 Å². The Labute approximate surface area is 135 Å². The lowest BCUT2D eigenvalue weighted by atomic mass is 9.98. The maximum absolute atomic E-state index is 10.6. The van der Waals surface area contributed by atoms with E-state index in [1.54, 1.807) is 0 Å². The molecule has 0 amide bonds. The zero-order valence-corrected chi connectivity index (χ0v) is 14.3. The van der Waals surface area contributed by atoms with Gasteiger partial charge in [0.15, 0.2) is 0 Å². The van der Waals surface area contributed by atoms with Gasteiger partial charge in [-0.15, -0.1) is 0 Å². The fraction of sp³-hybridized carbons (Fsp3) is 0.667. The lowest BCUT2D eigenvalue weighted by Crippen LogP contribution is -2.45. The van der Waals surface area contributed by atoms with Gasteiger partial charge in [-0.2, -0.15) is 0 Å². The van der Waals surface area contributed by atoms with Crippen LogP contribution in [0.2, 0.25) is 0 Å². The number of rotatable bonds is 7. The van der Waals surface area contributed by atoms with Crippen LogP contribution in [0, 0.1) is 0 Å². The molecule has 0 radical (unpaired) electrons. The average Bonchev–Trinajstić information content (AvgIpc) is 2.55. The number of benzene rings is 1. The van der Waals surface area contributed by atoms with Gasteiger partial charge < -0.3 is 15.3 Å². The highest BCUT2D eigenvalue weighted by Crippen LogP contribution is 2.35. The van der Waals surface area contributed by atoms with Crippen LogP contribution in [0.4, 0.5) is 5.69 Å². The predicted molar refractivity (Wildman–Crippen MR) is 93.8 cm³/mol. The fourth-order valence-corrected chi connectivity index (χ4v) is 3.40. The fourth-order valence-electron chi connectivity index (χ4n) is 3.40. The molecule has 0 saturated carbocycles. The van der Waals surface area contributed by atoms with E-state index in [1.807, 2.05) is 6.07 Å². The number of hydrogen-bond donors (Lipinski definition) is 2. The molecule has 1 aliphatic rings. The number of phenols is 1. The minimum atomic E-state index is 0.331. The summed E-state index contributed by atoms with van der Waals surface area (Å²) in [4.78, 5) is 4.77. The van der Waals surface area contributed by atoms with Crippen molar-refractivity contribution >= 4 is 5.69 Å². The van der Waals surface area contributed by atoms with Crippen LogP contribution in [-0.2, 0) is 0 Å². The molecule has 1 saturated heterocycles. The summed E-state index contributed by atoms with van der Waals surface area (Å²) in [5, 5.41) is 14.0.